The molecule has 0 radical (unpaired) electrons. The molecule has 1 nitrogen and oxygen atoms in total. The molecule has 0 amide bonds. The Hall–Kier alpha value is -1.08. The van der Waals surface area contributed by atoms with Crippen molar-refractivity contribution in [2.75, 3.05) is 0 Å². The van der Waals surface area contributed by atoms with E-state index in [1.165, 1.54) is 28.7 Å². The van der Waals surface area contributed by atoms with Crippen LogP contribution in [-0.2, 0) is 0 Å². The van der Waals surface area contributed by atoms with Crippen LogP contribution in [0.3, 0.4) is 0 Å². The van der Waals surface area contributed by atoms with Gasteiger partial charge in [-0.05, 0) is 57.1 Å². The van der Waals surface area contributed by atoms with E-state index in [9.17, 15) is 0 Å². The summed E-state index contributed by atoms with van der Waals surface area (Å²) < 4.78 is 0. The molecule has 1 unspecified atom stereocenters. The quantitative estimate of drug-likeness (QED) is 0.636. The first-order chi connectivity index (χ1) is 8.54. The van der Waals surface area contributed by atoms with Crippen LogP contribution in [0.15, 0.2) is 46.6 Å². The second-order valence-corrected chi connectivity index (χ2v) is 6.22. The van der Waals surface area contributed by atoms with Gasteiger partial charge in [0.25, 0.3) is 0 Å². The number of allylic oxidation sites excluding steroid dienone is 4. The average Bonchev–Trinajstić information content (AvgIpc) is 2.26. The maximum Gasteiger partial charge on any atom is 0.0630 e. The smallest absolute Gasteiger partial charge is 0.0630 e. The second kappa shape index (κ2) is 3.96. The van der Waals surface area contributed by atoms with Crippen LogP contribution in [0.2, 0.25) is 0 Å². The highest BCUT2D eigenvalue weighted by atomic mass is 14.8. The first kappa shape index (κ1) is 12.0. The van der Waals surface area contributed by atoms with E-state index in [1.807, 2.05) is 0 Å². The average molecular weight is 241 g/mol. The molecule has 2 N–H and O–H groups in total. The van der Waals surface area contributed by atoms with Gasteiger partial charge >= 0.3 is 0 Å². The van der Waals surface area contributed by atoms with Crippen molar-refractivity contribution in [2.45, 2.75) is 51.5 Å². The van der Waals surface area contributed by atoms with Crippen LogP contribution in [0.5, 0.6) is 0 Å². The van der Waals surface area contributed by atoms with E-state index < -0.39 is 0 Å². The van der Waals surface area contributed by atoms with Crippen LogP contribution in [0.25, 0.3) is 0 Å². The van der Waals surface area contributed by atoms with Gasteiger partial charge in [-0.25, -0.2) is 0 Å². The molecule has 0 spiro atoms. The topological polar surface area (TPSA) is 26.0 Å². The monoisotopic (exact) mass is 241 g/mol. The fourth-order valence-corrected chi connectivity index (χ4v) is 4.26. The number of hydrogen-bond donors (Lipinski definition) is 1. The minimum absolute atomic E-state index is 0.174. The molecule has 0 saturated carbocycles. The largest absolute Gasteiger partial charge is 0.318 e. The van der Waals surface area contributed by atoms with Gasteiger partial charge in [0.1, 0.15) is 0 Å². The number of nitrogens with two attached hydrogens (primary N) is 1. The van der Waals surface area contributed by atoms with E-state index in [4.69, 9.17) is 5.73 Å². The summed E-state index contributed by atoms with van der Waals surface area (Å²) >= 11 is 0. The molecule has 1 heteroatoms. The predicted molar refractivity (Wildman–Crippen MR) is 77.2 cm³/mol. The third-order valence-electron chi connectivity index (χ3n) is 4.89. The maximum absolute atomic E-state index is 6.85. The predicted octanol–water partition coefficient (Wildman–Crippen LogP) is 4.04. The van der Waals surface area contributed by atoms with E-state index >= 15 is 0 Å². The van der Waals surface area contributed by atoms with Crippen LogP contribution in [0.1, 0.15) is 46.0 Å². The molecule has 96 valence electrons. The van der Waals surface area contributed by atoms with E-state index in [2.05, 4.69) is 32.6 Å². The first-order valence-electron chi connectivity index (χ1n) is 7.05. The Kier molecular flexibility index (Phi) is 2.63. The Labute approximate surface area is 110 Å². The number of rotatable bonds is 0. The lowest BCUT2D eigenvalue weighted by molar-refractivity contribution is 0.425. The summed E-state index contributed by atoms with van der Waals surface area (Å²) in [6.07, 6.45) is 10.2. The zero-order valence-electron chi connectivity index (χ0n) is 11.6. The second-order valence-electron chi connectivity index (χ2n) is 6.22. The van der Waals surface area contributed by atoms with Crippen LogP contribution in [0.4, 0.5) is 0 Å². The highest BCUT2D eigenvalue weighted by molar-refractivity contribution is 5.51. The van der Waals surface area contributed by atoms with Gasteiger partial charge in [0.05, 0.1) is 5.54 Å². The zero-order valence-corrected chi connectivity index (χ0v) is 11.6. The minimum atomic E-state index is -0.174. The summed E-state index contributed by atoms with van der Waals surface area (Å²) in [7, 11) is 0. The standard InChI is InChI=1S/C17H23N/c1-4-15-13-8-12(3)10-17(15,18)16-6-5-11(2)7-14(16)9-13/h4,8,13H,2,5-7,9-10,18H2,1,3H3/b15-4+/t13?,17-/m0/s1. The molecular weight excluding hydrogens is 218 g/mol. The summed E-state index contributed by atoms with van der Waals surface area (Å²) in [4.78, 5) is 0. The Bertz CT molecular complexity index is 504. The third-order valence-corrected chi connectivity index (χ3v) is 4.89. The van der Waals surface area contributed by atoms with Crippen LogP contribution in [-0.4, -0.2) is 5.54 Å². The summed E-state index contributed by atoms with van der Waals surface area (Å²) in [5, 5.41) is 0. The Morgan fingerprint density at radius 3 is 2.94 bits per heavy atom. The molecule has 18 heavy (non-hydrogen) atoms. The number of hydrogen-bond acceptors (Lipinski definition) is 1. The molecule has 0 heterocycles. The van der Waals surface area contributed by atoms with Gasteiger partial charge < -0.3 is 5.73 Å². The van der Waals surface area contributed by atoms with Crippen molar-refractivity contribution in [3.8, 4) is 0 Å². The molecular formula is C17H23N. The van der Waals surface area contributed by atoms with Gasteiger partial charge in [0, 0.05) is 5.92 Å². The van der Waals surface area contributed by atoms with Crippen molar-refractivity contribution < 1.29 is 0 Å². The molecule has 2 bridgehead atoms. The van der Waals surface area contributed by atoms with Crippen LogP contribution >= 0.6 is 0 Å². The molecule has 0 fully saturated rings. The Balaban J connectivity index is 2.13. The van der Waals surface area contributed by atoms with Crippen molar-refractivity contribution in [1.82, 2.24) is 0 Å². The third kappa shape index (κ3) is 1.57. The fraction of sp³-hybridized carbons (Fsp3) is 0.529. The van der Waals surface area contributed by atoms with Crippen LogP contribution < -0.4 is 5.73 Å². The Morgan fingerprint density at radius 1 is 1.44 bits per heavy atom. The fourth-order valence-electron chi connectivity index (χ4n) is 4.26. The molecule has 0 aliphatic heterocycles. The highest BCUT2D eigenvalue weighted by Gasteiger charge is 2.45. The van der Waals surface area contributed by atoms with Crippen molar-refractivity contribution in [3.63, 3.8) is 0 Å². The SMILES string of the molecule is C=C1CCC2=C(C1)CC1C=C(C)C[C@]2(N)/C1=C/C. The lowest BCUT2D eigenvalue weighted by Crippen LogP contribution is -2.51. The van der Waals surface area contributed by atoms with Gasteiger partial charge in [-0.15, -0.1) is 0 Å². The van der Waals surface area contributed by atoms with Gasteiger partial charge in [-0.2, -0.15) is 0 Å². The molecule has 0 aromatic rings. The lowest BCUT2D eigenvalue weighted by atomic mass is 9.59. The van der Waals surface area contributed by atoms with Crippen molar-refractivity contribution in [1.29, 1.82) is 0 Å². The van der Waals surface area contributed by atoms with E-state index in [0.29, 0.717) is 5.92 Å². The maximum atomic E-state index is 6.85. The molecule has 3 aliphatic carbocycles. The Morgan fingerprint density at radius 2 is 2.22 bits per heavy atom. The van der Waals surface area contributed by atoms with Gasteiger partial charge in [0.2, 0.25) is 0 Å². The molecule has 0 aromatic carbocycles. The van der Waals surface area contributed by atoms with Gasteiger partial charge in [-0.1, -0.05) is 35.5 Å². The molecule has 2 atom stereocenters. The highest BCUT2D eigenvalue weighted by Crippen LogP contribution is 2.51. The van der Waals surface area contributed by atoms with Gasteiger partial charge in [-0.3, -0.25) is 0 Å². The van der Waals surface area contributed by atoms with E-state index in [1.54, 1.807) is 5.57 Å². The molecule has 0 aromatic heterocycles. The van der Waals surface area contributed by atoms with Crippen molar-refractivity contribution >= 4 is 0 Å². The lowest BCUT2D eigenvalue weighted by Gasteiger charge is -2.48. The zero-order chi connectivity index (χ0) is 12.9. The van der Waals surface area contributed by atoms with Gasteiger partial charge in [0.15, 0.2) is 0 Å². The van der Waals surface area contributed by atoms with E-state index in [0.717, 1.165) is 25.7 Å². The summed E-state index contributed by atoms with van der Waals surface area (Å²) in [6, 6.07) is 0. The van der Waals surface area contributed by atoms with E-state index in [-0.39, 0.29) is 5.54 Å². The number of fused-ring (bicyclic) bond motifs is 3. The molecule has 3 aliphatic rings. The normalized spacial score (nSPS) is 37.7. The van der Waals surface area contributed by atoms with Crippen molar-refractivity contribution in [3.05, 3.63) is 46.6 Å². The summed E-state index contributed by atoms with van der Waals surface area (Å²) in [5.74, 6) is 0.540. The summed E-state index contributed by atoms with van der Waals surface area (Å²) in [5.41, 5.74) is 14.1. The molecule has 3 rings (SSSR count). The summed E-state index contributed by atoms with van der Waals surface area (Å²) in [6.45, 7) is 8.55. The first-order valence-corrected chi connectivity index (χ1v) is 7.05. The minimum Gasteiger partial charge on any atom is -0.318 e. The van der Waals surface area contributed by atoms with Crippen molar-refractivity contribution in [2.24, 2.45) is 11.7 Å². The van der Waals surface area contributed by atoms with Crippen LogP contribution in [0, 0.1) is 5.92 Å². The molecule has 0 saturated heterocycles.